The largest absolute Gasteiger partial charge is 0.504 e. The van der Waals surface area contributed by atoms with E-state index in [1.807, 2.05) is 13.8 Å². The zero-order valence-corrected chi connectivity index (χ0v) is 21.7. The van der Waals surface area contributed by atoms with E-state index in [0.717, 1.165) is 6.07 Å². The highest BCUT2D eigenvalue weighted by Gasteiger charge is 2.35. The lowest BCUT2D eigenvalue weighted by atomic mass is 9.84. The molecule has 198 valence electrons. The van der Waals surface area contributed by atoms with Gasteiger partial charge >= 0.3 is 12.1 Å². The van der Waals surface area contributed by atoms with Crippen molar-refractivity contribution in [1.29, 1.82) is 0 Å². The Labute approximate surface area is 218 Å². The van der Waals surface area contributed by atoms with Gasteiger partial charge in [0.05, 0.1) is 16.5 Å². The molecule has 0 saturated carbocycles. The quantitative estimate of drug-likeness (QED) is 0.312. The number of carboxylic acids is 1. The lowest BCUT2D eigenvalue weighted by Gasteiger charge is -2.29. The number of aromatic hydroxyl groups is 1. The number of halogens is 2. The van der Waals surface area contributed by atoms with Gasteiger partial charge in [0.1, 0.15) is 12.4 Å². The van der Waals surface area contributed by atoms with E-state index in [1.54, 1.807) is 49.9 Å². The molecule has 3 aromatic carbocycles. The third kappa shape index (κ3) is 4.67. The van der Waals surface area contributed by atoms with Crippen LogP contribution in [-0.4, -0.2) is 52.4 Å². The number of aryl methyl sites for hydroxylation is 1. The highest BCUT2D eigenvalue weighted by atomic mass is 19.1. The van der Waals surface area contributed by atoms with Crippen LogP contribution in [0.25, 0.3) is 27.7 Å². The predicted octanol–water partition coefficient (Wildman–Crippen LogP) is 6.26. The first-order chi connectivity index (χ1) is 17.8. The van der Waals surface area contributed by atoms with Gasteiger partial charge < -0.3 is 24.4 Å². The normalized spacial score (nSPS) is 11.6. The number of phenolic OH excluding ortho intramolecular Hbond substituents is 1. The van der Waals surface area contributed by atoms with Crippen LogP contribution in [0, 0.1) is 18.6 Å². The second-order valence-corrected chi connectivity index (χ2v) is 10.00. The number of nitrogens with zero attached hydrogens (tertiary/aromatic N) is 2. The Morgan fingerprint density at radius 3 is 2.21 bits per heavy atom. The summed E-state index contributed by atoms with van der Waals surface area (Å²) in [6.07, 6.45) is -0.556. The minimum atomic E-state index is -1.11. The van der Waals surface area contributed by atoms with Gasteiger partial charge in [0.2, 0.25) is 0 Å². The number of carbonyl (C=O) groups excluding carboxylic acids is 1. The van der Waals surface area contributed by atoms with Gasteiger partial charge in [-0.15, -0.1) is 0 Å². The summed E-state index contributed by atoms with van der Waals surface area (Å²) in [6.45, 7) is 5.21. The molecule has 9 heteroatoms. The van der Waals surface area contributed by atoms with Gasteiger partial charge in [0.15, 0.2) is 11.6 Å². The summed E-state index contributed by atoms with van der Waals surface area (Å²) in [7, 11) is 3.12. The monoisotopic (exact) mass is 522 g/mol. The molecule has 1 aromatic heterocycles. The molecule has 4 rings (SSSR count). The van der Waals surface area contributed by atoms with Gasteiger partial charge in [-0.1, -0.05) is 26.0 Å². The molecule has 0 fully saturated rings. The number of phenols is 1. The van der Waals surface area contributed by atoms with Crippen molar-refractivity contribution in [2.24, 2.45) is 0 Å². The number of aromatic nitrogens is 1. The summed E-state index contributed by atoms with van der Waals surface area (Å²) in [4.78, 5) is 25.1. The Bertz CT molecular complexity index is 1560. The first-order valence-corrected chi connectivity index (χ1v) is 11.8. The summed E-state index contributed by atoms with van der Waals surface area (Å²) < 4.78 is 36.3. The molecular formula is C29H28F2N2O5. The molecular weight excluding hydrogens is 494 g/mol. The van der Waals surface area contributed by atoms with Crippen molar-refractivity contribution >= 4 is 23.0 Å². The number of carboxylic acid groups (broad SMARTS) is 1. The molecule has 38 heavy (non-hydrogen) atoms. The maximum Gasteiger partial charge on any atom is 0.409 e. The number of carbonyl (C=O) groups is 2. The molecule has 0 spiro atoms. The molecule has 1 amide bonds. The molecule has 0 saturated heterocycles. The lowest BCUT2D eigenvalue weighted by molar-refractivity contribution is 0.0696. The van der Waals surface area contributed by atoms with E-state index < -0.39 is 34.9 Å². The van der Waals surface area contributed by atoms with Crippen molar-refractivity contribution < 1.29 is 33.3 Å². The number of fused-ring (bicyclic) bond motifs is 1. The number of ether oxygens (including phenoxy) is 1. The first-order valence-electron chi connectivity index (χ1n) is 11.8. The maximum atomic E-state index is 14.8. The topological polar surface area (TPSA) is 92.0 Å². The second kappa shape index (κ2) is 9.81. The molecule has 2 N–H and O–H groups in total. The fourth-order valence-electron chi connectivity index (χ4n) is 4.52. The average Bonchev–Trinajstić information content (AvgIpc) is 3.23. The number of amides is 1. The van der Waals surface area contributed by atoms with E-state index in [-0.39, 0.29) is 17.6 Å². The van der Waals surface area contributed by atoms with Crippen molar-refractivity contribution in [3.05, 3.63) is 83.1 Å². The molecule has 0 unspecified atom stereocenters. The standard InChI is InChI=1S/C29H28F2N2O5/c1-16-14-19(10-11-20(16)30)33-22-13-12-21(31)25(34)24(22)23(17-6-8-18(9-7-17)27(35)36)26(33)29(2,3)15-38-28(37)32(4)5/h6-14,34H,15H2,1-5H3,(H,35,36). The summed E-state index contributed by atoms with van der Waals surface area (Å²) in [5.41, 5.74) is 2.01. The number of hydrogen-bond donors (Lipinski definition) is 2. The molecule has 0 aliphatic heterocycles. The zero-order valence-electron chi connectivity index (χ0n) is 21.7. The van der Waals surface area contributed by atoms with Gasteiger partial charge in [-0.25, -0.2) is 18.4 Å². The van der Waals surface area contributed by atoms with E-state index in [0.29, 0.717) is 33.6 Å². The van der Waals surface area contributed by atoms with E-state index in [4.69, 9.17) is 4.74 Å². The van der Waals surface area contributed by atoms with Crippen molar-refractivity contribution in [2.75, 3.05) is 20.7 Å². The van der Waals surface area contributed by atoms with Crippen LogP contribution in [0.2, 0.25) is 0 Å². The van der Waals surface area contributed by atoms with Crippen LogP contribution in [0.3, 0.4) is 0 Å². The van der Waals surface area contributed by atoms with Crippen LogP contribution in [-0.2, 0) is 10.2 Å². The zero-order chi connectivity index (χ0) is 27.9. The minimum absolute atomic E-state index is 0.0581. The van der Waals surface area contributed by atoms with E-state index in [9.17, 15) is 28.6 Å². The third-order valence-electron chi connectivity index (χ3n) is 6.44. The fourth-order valence-corrected chi connectivity index (χ4v) is 4.52. The highest BCUT2D eigenvalue weighted by Crippen LogP contribution is 2.47. The Morgan fingerprint density at radius 1 is 1.00 bits per heavy atom. The van der Waals surface area contributed by atoms with Gasteiger partial charge in [0, 0.05) is 36.5 Å². The average molecular weight is 523 g/mol. The van der Waals surface area contributed by atoms with Crippen LogP contribution < -0.4 is 0 Å². The Morgan fingerprint density at radius 2 is 1.63 bits per heavy atom. The minimum Gasteiger partial charge on any atom is -0.504 e. The number of rotatable bonds is 6. The fraction of sp³-hybridized carbons (Fsp3) is 0.241. The molecule has 0 bridgehead atoms. The van der Waals surface area contributed by atoms with Crippen molar-refractivity contribution in [3.63, 3.8) is 0 Å². The van der Waals surface area contributed by atoms with Crippen LogP contribution >= 0.6 is 0 Å². The summed E-state index contributed by atoms with van der Waals surface area (Å²) in [5, 5.41) is 20.5. The van der Waals surface area contributed by atoms with Crippen LogP contribution in [0.1, 0.15) is 35.5 Å². The summed E-state index contributed by atoms with van der Waals surface area (Å²) >= 11 is 0. The van der Waals surface area contributed by atoms with Gasteiger partial charge in [-0.2, -0.15) is 0 Å². The van der Waals surface area contributed by atoms with Crippen molar-refractivity contribution in [2.45, 2.75) is 26.2 Å². The molecule has 0 atom stereocenters. The van der Waals surface area contributed by atoms with Gasteiger partial charge in [0.25, 0.3) is 0 Å². The summed E-state index contributed by atoms with van der Waals surface area (Å²) in [5.74, 6) is -2.92. The Hall–Kier alpha value is -4.40. The van der Waals surface area contributed by atoms with E-state index >= 15 is 0 Å². The Kier molecular flexibility index (Phi) is 6.88. The predicted molar refractivity (Wildman–Crippen MR) is 140 cm³/mol. The molecule has 0 aliphatic carbocycles. The summed E-state index contributed by atoms with van der Waals surface area (Å²) in [6, 6.07) is 13.2. The molecule has 7 nitrogen and oxygen atoms in total. The maximum absolute atomic E-state index is 14.8. The van der Waals surface area contributed by atoms with Crippen LogP contribution in [0.4, 0.5) is 13.6 Å². The van der Waals surface area contributed by atoms with E-state index in [1.165, 1.54) is 29.2 Å². The molecule has 0 radical (unpaired) electrons. The van der Waals surface area contributed by atoms with Crippen molar-refractivity contribution in [1.82, 2.24) is 9.47 Å². The lowest BCUT2D eigenvalue weighted by Crippen LogP contribution is -2.32. The van der Waals surface area contributed by atoms with Gasteiger partial charge in [-0.05, 0) is 60.5 Å². The van der Waals surface area contributed by atoms with Crippen LogP contribution in [0.15, 0.2) is 54.6 Å². The number of benzene rings is 3. The SMILES string of the molecule is Cc1cc(-n2c(C(C)(C)COC(=O)N(C)C)c(-c3ccc(C(=O)O)cc3)c3c(O)c(F)ccc32)ccc1F. The smallest absolute Gasteiger partial charge is 0.409 e. The molecule has 1 heterocycles. The van der Waals surface area contributed by atoms with Gasteiger partial charge in [-0.3, -0.25) is 0 Å². The number of aromatic carboxylic acids is 1. The highest BCUT2D eigenvalue weighted by molar-refractivity contribution is 6.04. The van der Waals surface area contributed by atoms with E-state index in [2.05, 4.69) is 0 Å². The third-order valence-corrected chi connectivity index (χ3v) is 6.44. The van der Waals surface area contributed by atoms with Crippen LogP contribution in [0.5, 0.6) is 5.75 Å². The molecule has 0 aliphatic rings. The first kappa shape index (κ1) is 26.7. The number of hydrogen-bond acceptors (Lipinski definition) is 4. The molecule has 4 aromatic rings. The Balaban J connectivity index is 2.12. The van der Waals surface area contributed by atoms with Crippen molar-refractivity contribution in [3.8, 4) is 22.6 Å². The second-order valence-electron chi connectivity index (χ2n) is 10.00.